The van der Waals surface area contributed by atoms with E-state index in [4.69, 9.17) is 9.47 Å². The molecule has 2 amide bonds. The highest BCUT2D eigenvalue weighted by Gasteiger charge is 2.31. The summed E-state index contributed by atoms with van der Waals surface area (Å²) in [4.78, 5) is 25.8. The summed E-state index contributed by atoms with van der Waals surface area (Å²) in [6.07, 6.45) is 4.71. The summed E-state index contributed by atoms with van der Waals surface area (Å²) in [6, 6.07) is 4.64. The van der Waals surface area contributed by atoms with Gasteiger partial charge in [-0.15, -0.1) is 0 Å². The SMILES string of the molecule is CC[C@H](C)[C@H](NC(=O)C1CCC(C)CC1)C(=O)Nc1cc(OC)ccc1OC. The van der Waals surface area contributed by atoms with E-state index >= 15 is 0 Å². The first-order valence-electron chi connectivity index (χ1n) is 10.2. The van der Waals surface area contributed by atoms with Crippen LogP contribution in [0.3, 0.4) is 0 Å². The van der Waals surface area contributed by atoms with Gasteiger partial charge in [0.15, 0.2) is 0 Å². The molecule has 1 aromatic carbocycles. The van der Waals surface area contributed by atoms with E-state index < -0.39 is 6.04 Å². The molecular formula is C22H34N2O4. The lowest BCUT2D eigenvalue weighted by atomic mass is 9.82. The number of hydrogen-bond acceptors (Lipinski definition) is 4. The third-order valence-corrected chi connectivity index (χ3v) is 5.84. The van der Waals surface area contributed by atoms with Crippen molar-refractivity contribution >= 4 is 17.5 Å². The van der Waals surface area contributed by atoms with E-state index in [1.807, 2.05) is 13.8 Å². The average Bonchev–Trinajstić information content (AvgIpc) is 2.71. The minimum atomic E-state index is -0.590. The zero-order valence-electron chi connectivity index (χ0n) is 17.7. The van der Waals surface area contributed by atoms with E-state index in [2.05, 4.69) is 17.6 Å². The molecule has 1 fully saturated rings. The molecule has 0 saturated heterocycles. The van der Waals surface area contributed by atoms with Crippen LogP contribution in [0.5, 0.6) is 11.5 Å². The molecule has 2 N–H and O–H groups in total. The van der Waals surface area contributed by atoms with Crippen LogP contribution >= 0.6 is 0 Å². The summed E-state index contributed by atoms with van der Waals surface area (Å²) < 4.78 is 10.6. The number of anilines is 1. The predicted octanol–water partition coefficient (Wildman–Crippen LogP) is 4.00. The first-order chi connectivity index (χ1) is 13.4. The molecule has 156 valence electrons. The van der Waals surface area contributed by atoms with Gasteiger partial charge < -0.3 is 20.1 Å². The van der Waals surface area contributed by atoms with Gasteiger partial charge >= 0.3 is 0 Å². The normalized spacial score (nSPS) is 21.3. The lowest BCUT2D eigenvalue weighted by Crippen LogP contribution is -2.49. The summed E-state index contributed by atoms with van der Waals surface area (Å²) >= 11 is 0. The molecule has 0 radical (unpaired) electrons. The second kappa shape index (κ2) is 10.3. The minimum absolute atomic E-state index is 0.00177. The van der Waals surface area contributed by atoms with E-state index in [1.165, 1.54) is 0 Å². The molecular weight excluding hydrogens is 356 g/mol. The summed E-state index contributed by atoms with van der Waals surface area (Å²) in [5, 5.41) is 5.92. The number of hydrogen-bond donors (Lipinski definition) is 2. The molecule has 6 heteroatoms. The van der Waals surface area contributed by atoms with Crippen molar-refractivity contribution in [3.05, 3.63) is 18.2 Å². The maximum Gasteiger partial charge on any atom is 0.247 e. The fraction of sp³-hybridized carbons (Fsp3) is 0.636. The Balaban J connectivity index is 2.12. The zero-order valence-corrected chi connectivity index (χ0v) is 17.7. The van der Waals surface area contributed by atoms with Crippen LogP contribution in [0.25, 0.3) is 0 Å². The van der Waals surface area contributed by atoms with Crippen LogP contribution in [-0.2, 0) is 9.59 Å². The number of benzene rings is 1. The third-order valence-electron chi connectivity index (χ3n) is 5.84. The number of ether oxygens (including phenoxy) is 2. The molecule has 2 rings (SSSR count). The summed E-state index contributed by atoms with van der Waals surface area (Å²) in [7, 11) is 3.12. The first-order valence-corrected chi connectivity index (χ1v) is 10.2. The molecule has 2 atom stereocenters. The standard InChI is InChI=1S/C22H34N2O4/c1-6-15(3)20(24-21(25)16-9-7-14(2)8-10-16)22(26)23-18-13-17(27-4)11-12-19(18)28-5/h11-16,20H,6-10H2,1-5H3,(H,23,26)(H,24,25)/t14?,15-,16?,20-/m0/s1. The largest absolute Gasteiger partial charge is 0.497 e. The smallest absolute Gasteiger partial charge is 0.247 e. The molecule has 1 aliphatic rings. The Bertz CT molecular complexity index is 669. The van der Waals surface area contributed by atoms with Gasteiger partial charge in [0.2, 0.25) is 11.8 Å². The molecule has 1 aliphatic carbocycles. The number of methoxy groups -OCH3 is 2. The fourth-order valence-corrected chi connectivity index (χ4v) is 3.62. The summed E-state index contributed by atoms with van der Waals surface area (Å²) in [5.41, 5.74) is 0.529. The van der Waals surface area contributed by atoms with Crippen LogP contribution in [0.4, 0.5) is 5.69 Å². The van der Waals surface area contributed by atoms with E-state index in [9.17, 15) is 9.59 Å². The number of nitrogens with one attached hydrogen (secondary N) is 2. The molecule has 0 heterocycles. The Kier molecular flexibility index (Phi) is 8.15. The monoisotopic (exact) mass is 390 g/mol. The van der Waals surface area contributed by atoms with Gasteiger partial charge in [0, 0.05) is 12.0 Å². The lowest BCUT2D eigenvalue weighted by molar-refractivity contribution is -0.131. The Morgan fingerprint density at radius 3 is 2.39 bits per heavy atom. The Morgan fingerprint density at radius 1 is 1.14 bits per heavy atom. The van der Waals surface area contributed by atoms with Crippen molar-refractivity contribution in [3.8, 4) is 11.5 Å². The van der Waals surface area contributed by atoms with Crippen molar-refractivity contribution in [1.29, 1.82) is 0 Å². The summed E-state index contributed by atoms with van der Waals surface area (Å²) in [6.45, 7) is 6.23. The highest BCUT2D eigenvalue weighted by Crippen LogP contribution is 2.30. The first kappa shape index (κ1) is 22.1. The van der Waals surface area contributed by atoms with Crippen molar-refractivity contribution in [3.63, 3.8) is 0 Å². The van der Waals surface area contributed by atoms with Gasteiger partial charge in [0.1, 0.15) is 17.5 Å². The fourth-order valence-electron chi connectivity index (χ4n) is 3.62. The highest BCUT2D eigenvalue weighted by molar-refractivity contribution is 5.98. The van der Waals surface area contributed by atoms with Crippen molar-refractivity contribution in [2.75, 3.05) is 19.5 Å². The Labute approximate surface area is 168 Å². The number of amides is 2. The van der Waals surface area contributed by atoms with Gasteiger partial charge in [-0.25, -0.2) is 0 Å². The Morgan fingerprint density at radius 2 is 1.82 bits per heavy atom. The lowest BCUT2D eigenvalue weighted by Gasteiger charge is -2.29. The van der Waals surface area contributed by atoms with Crippen molar-refractivity contribution in [2.24, 2.45) is 17.8 Å². The molecule has 0 aromatic heterocycles. The second-order valence-corrected chi connectivity index (χ2v) is 7.88. The molecule has 1 aromatic rings. The number of carbonyl (C=O) groups excluding carboxylic acids is 2. The van der Waals surface area contributed by atoms with Gasteiger partial charge in [-0.3, -0.25) is 9.59 Å². The summed E-state index contributed by atoms with van der Waals surface area (Å²) in [5.74, 6) is 1.62. The van der Waals surface area contributed by atoms with Gasteiger partial charge in [0.25, 0.3) is 0 Å². The topological polar surface area (TPSA) is 76.7 Å². The van der Waals surface area contributed by atoms with Gasteiger partial charge in [-0.1, -0.05) is 27.2 Å². The third kappa shape index (κ3) is 5.63. The molecule has 28 heavy (non-hydrogen) atoms. The van der Waals surface area contributed by atoms with E-state index in [0.29, 0.717) is 23.1 Å². The van der Waals surface area contributed by atoms with Crippen molar-refractivity contribution < 1.29 is 19.1 Å². The molecule has 1 saturated carbocycles. The quantitative estimate of drug-likeness (QED) is 0.703. The molecule has 6 nitrogen and oxygen atoms in total. The molecule has 0 aliphatic heterocycles. The predicted molar refractivity (Wildman–Crippen MR) is 111 cm³/mol. The van der Waals surface area contributed by atoms with Gasteiger partial charge in [-0.2, -0.15) is 0 Å². The molecule has 0 bridgehead atoms. The van der Waals surface area contributed by atoms with Crippen LogP contribution in [0.1, 0.15) is 52.9 Å². The average molecular weight is 391 g/mol. The van der Waals surface area contributed by atoms with Crippen LogP contribution in [0.15, 0.2) is 18.2 Å². The van der Waals surface area contributed by atoms with E-state index in [0.717, 1.165) is 32.1 Å². The second-order valence-electron chi connectivity index (χ2n) is 7.88. The van der Waals surface area contributed by atoms with Gasteiger partial charge in [0.05, 0.1) is 19.9 Å². The highest BCUT2D eigenvalue weighted by atomic mass is 16.5. The van der Waals surface area contributed by atoms with Crippen molar-refractivity contribution in [2.45, 2.75) is 58.9 Å². The van der Waals surface area contributed by atoms with Gasteiger partial charge in [-0.05, 0) is 49.7 Å². The van der Waals surface area contributed by atoms with E-state index in [1.54, 1.807) is 32.4 Å². The van der Waals surface area contributed by atoms with Crippen LogP contribution in [-0.4, -0.2) is 32.1 Å². The van der Waals surface area contributed by atoms with Crippen LogP contribution in [0, 0.1) is 17.8 Å². The molecule has 0 spiro atoms. The maximum absolute atomic E-state index is 13.0. The number of rotatable bonds is 8. The maximum atomic E-state index is 13.0. The van der Waals surface area contributed by atoms with Crippen LogP contribution < -0.4 is 20.1 Å². The Hall–Kier alpha value is -2.24. The van der Waals surface area contributed by atoms with E-state index in [-0.39, 0.29) is 23.7 Å². The molecule has 0 unspecified atom stereocenters. The van der Waals surface area contributed by atoms with Crippen LogP contribution in [0.2, 0.25) is 0 Å². The van der Waals surface area contributed by atoms with Crippen molar-refractivity contribution in [1.82, 2.24) is 5.32 Å². The number of carbonyl (C=O) groups is 2. The minimum Gasteiger partial charge on any atom is -0.497 e. The zero-order chi connectivity index (χ0) is 20.7.